The highest BCUT2D eigenvalue weighted by Gasteiger charge is 2.17. The van der Waals surface area contributed by atoms with Gasteiger partial charge in [-0.15, -0.1) is 0 Å². The molecule has 0 bridgehead atoms. The standard InChI is InChI=1S/C41H25N/c1-3-11-26(12-4-1)36-24-30-23-31-25-37(27-13-5-2-6-14-27)39-33-18-10-8-16-29(33)20-22-35(39)41(31)42-40(30)34-21-19-28-15-7-9-17-32(28)38(34)36/h1-25H. The fourth-order valence-corrected chi connectivity index (χ4v) is 6.86. The van der Waals surface area contributed by atoms with E-state index in [1.807, 2.05) is 0 Å². The maximum Gasteiger partial charge on any atom is 0.0788 e. The summed E-state index contributed by atoms with van der Waals surface area (Å²) in [6.07, 6.45) is 0. The van der Waals surface area contributed by atoms with Crippen molar-refractivity contribution < 1.29 is 0 Å². The van der Waals surface area contributed by atoms with Crippen molar-refractivity contribution in [1.29, 1.82) is 0 Å². The van der Waals surface area contributed by atoms with Crippen LogP contribution < -0.4 is 0 Å². The molecule has 0 saturated carbocycles. The van der Waals surface area contributed by atoms with Crippen LogP contribution in [0.2, 0.25) is 0 Å². The van der Waals surface area contributed by atoms with Crippen molar-refractivity contribution in [2.45, 2.75) is 0 Å². The molecule has 0 aliphatic rings. The highest BCUT2D eigenvalue weighted by atomic mass is 14.7. The molecule has 1 nitrogen and oxygen atoms in total. The summed E-state index contributed by atoms with van der Waals surface area (Å²) in [4.78, 5) is 5.52. The highest BCUT2D eigenvalue weighted by molar-refractivity contribution is 6.26. The minimum Gasteiger partial charge on any atom is -0.246 e. The molecule has 0 fully saturated rings. The van der Waals surface area contributed by atoms with Crippen LogP contribution in [0.1, 0.15) is 0 Å². The minimum absolute atomic E-state index is 1.05. The van der Waals surface area contributed by atoms with Crippen molar-refractivity contribution in [2.75, 3.05) is 0 Å². The Morgan fingerprint density at radius 3 is 1.21 bits per heavy atom. The molecule has 0 saturated heterocycles. The summed E-state index contributed by atoms with van der Waals surface area (Å²) in [5.41, 5.74) is 7.01. The molecule has 0 radical (unpaired) electrons. The third-order valence-corrected chi connectivity index (χ3v) is 8.76. The van der Waals surface area contributed by atoms with E-state index < -0.39 is 0 Å². The molecule has 0 amide bonds. The molecule has 8 aromatic carbocycles. The minimum atomic E-state index is 1.05. The van der Waals surface area contributed by atoms with Gasteiger partial charge in [-0.3, -0.25) is 0 Å². The Labute approximate surface area is 243 Å². The number of nitrogens with zero attached hydrogens (tertiary/aromatic N) is 1. The van der Waals surface area contributed by atoms with Crippen LogP contribution in [0.25, 0.3) is 87.1 Å². The predicted octanol–water partition coefficient (Wildman–Crippen LogP) is 11.3. The smallest absolute Gasteiger partial charge is 0.0788 e. The summed E-state index contributed by atoms with van der Waals surface area (Å²) in [6, 6.07) is 54.9. The molecule has 0 aliphatic carbocycles. The molecule has 0 aliphatic heterocycles. The zero-order valence-corrected chi connectivity index (χ0v) is 22.9. The SMILES string of the molecule is c1ccc(-c2cc3cc4cc(-c5ccccc5)c5c6ccccc6ccc5c4nc3c3ccc4ccccc4c23)cc1. The van der Waals surface area contributed by atoms with Crippen molar-refractivity contribution in [2.24, 2.45) is 0 Å². The van der Waals surface area contributed by atoms with Gasteiger partial charge in [0.25, 0.3) is 0 Å². The van der Waals surface area contributed by atoms with Crippen molar-refractivity contribution in [3.8, 4) is 22.3 Å². The molecule has 1 heteroatoms. The van der Waals surface area contributed by atoms with Gasteiger partial charge in [-0.2, -0.15) is 0 Å². The van der Waals surface area contributed by atoms with Gasteiger partial charge in [0.15, 0.2) is 0 Å². The summed E-state index contributed by atoms with van der Waals surface area (Å²) in [5, 5.41) is 12.2. The molecule has 9 rings (SSSR count). The molecule has 0 atom stereocenters. The molecule has 0 unspecified atom stereocenters. The van der Waals surface area contributed by atoms with E-state index in [0.717, 1.165) is 21.8 Å². The lowest BCUT2D eigenvalue weighted by atomic mass is 9.89. The average Bonchev–Trinajstić information content (AvgIpc) is 3.07. The van der Waals surface area contributed by atoms with E-state index in [-0.39, 0.29) is 0 Å². The first-order valence-corrected chi connectivity index (χ1v) is 14.5. The Balaban J connectivity index is 1.48. The van der Waals surface area contributed by atoms with Crippen LogP contribution in [0.4, 0.5) is 0 Å². The fourth-order valence-electron chi connectivity index (χ4n) is 6.86. The molecule has 1 aromatic heterocycles. The van der Waals surface area contributed by atoms with Gasteiger partial charge in [-0.1, -0.05) is 133 Å². The Morgan fingerprint density at radius 2 is 0.738 bits per heavy atom. The van der Waals surface area contributed by atoms with E-state index in [2.05, 4.69) is 152 Å². The van der Waals surface area contributed by atoms with Crippen LogP contribution in [-0.4, -0.2) is 4.98 Å². The van der Waals surface area contributed by atoms with Crippen molar-refractivity contribution in [3.05, 3.63) is 152 Å². The Bertz CT molecular complexity index is 2320. The topological polar surface area (TPSA) is 12.9 Å². The van der Waals surface area contributed by atoms with Gasteiger partial charge in [0.2, 0.25) is 0 Å². The number of benzene rings is 8. The van der Waals surface area contributed by atoms with Gasteiger partial charge in [-0.25, -0.2) is 4.98 Å². The quantitative estimate of drug-likeness (QED) is 0.160. The normalized spacial score (nSPS) is 11.8. The zero-order chi connectivity index (χ0) is 27.6. The zero-order valence-electron chi connectivity index (χ0n) is 22.9. The summed E-state index contributed by atoms with van der Waals surface area (Å²) in [5.74, 6) is 0. The lowest BCUT2D eigenvalue weighted by molar-refractivity contribution is 1.53. The number of aromatic nitrogens is 1. The third-order valence-electron chi connectivity index (χ3n) is 8.76. The first kappa shape index (κ1) is 23.2. The first-order chi connectivity index (χ1) is 20.8. The van der Waals surface area contributed by atoms with Crippen molar-refractivity contribution in [3.63, 3.8) is 0 Å². The van der Waals surface area contributed by atoms with Crippen LogP contribution in [0, 0.1) is 0 Å². The Hall–Kier alpha value is -5.53. The number of fused-ring (bicyclic) bond motifs is 10. The van der Waals surface area contributed by atoms with Crippen LogP contribution in [0.5, 0.6) is 0 Å². The predicted molar refractivity (Wildman–Crippen MR) is 180 cm³/mol. The molecular formula is C41H25N. The highest BCUT2D eigenvalue weighted by Crippen LogP contribution is 2.43. The molecule has 0 N–H and O–H groups in total. The van der Waals surface area contributed by atoms with Crippen molar-refractivity contribution in [1.82, 2.24) is 4.98 Å². The molecule has 42 heavy (non-hydrogen) atoms. The van der Waals surface area contributed by atoms with E-state index in [4.69, 9.17) is 4.98 Å². The molecule has 0 spiro atoms. The third kappa shape index (κ3) is 3.41. The van der Waals surface area contributed by atoms with Gasteiger partial charge in [0, 0.05) is 21.5 Å². The maximum absolute atomic E-state index is 5.52. The van der Waals surface area contributed by atoms with E-state index >= 15 is 0 Å². The summed E-state index contributed by atoms with van der Waals surface area (Å²) < 4.78 is 0. The second-order valence-corrected chi connectivity index (χ2v) is 11.1. The van der Waals surface area contributed by atoms with E-state index in [0.29, 0.717) is 0 Å². The Kier molecular flexibility index (Phi) is 4.97. The van der Waals surface area contributed by atoms with E-state index in [9.17, 15) is 0 Å². The van der Waals surface area contributed by atoms with E-state index in [1.54, 1.807) is 0 Å². The maximum atomic E-state index is 5.52. The first-order valence-electron chi connectivity index (χ1n) is 14.5. The van der Waals surface area contributed by atoms with Gasteiger partial charge in [-0.05, 0) is 72.8 Å². The van der Waals surface area contributed by atoms with Gasteiger partial charge >= 0.3 is 0 Å². The molecule has 9 aromatic rings. The Morgan fingerprint density at radius 1 is 0.310 bits per heavy atom. The van der Waals surface area contributed by atoms with Crippen LogP contribution in [0.15, 0.2) is 152 Å². The number of rotatable bonds is 2. The largest absolute Gasteiger partial charge is 0.246 e. The number of hydrogen-bond donors (Lipinski definition) is 0. The lowest BCUT2D eigenvalue weighted by Gasteiger charge is -2.16. The van der Waals surface area contributed by atoms with Crippen molar-refractivity contribution >= 4 is 64.9 Å². The average molecular weight is 532 g/mol. The monoisotopic (exact) mass is 531 g/mol. The van der Waals surface area contributed by atoms with E-state index in [1.165, 1.54) is 65.3 Å². The molecule has 194 valence electrons. The van der Waals surface area contributed by atoms with Gasteiger partial charge < -0.3 is 0 Å². The van der Waals surface area contributed by atoms with Crippen LogP contribution >= 0.6 is 0 Å². The molecule has 1 heterocycles. The second-order valence-electron chi connectivity index (χ2n) is 11.1. The van der Waals surface area contributed by atoms with Crippen LogP contribution in [0.3, 0.4) is 0 Å². The number of hydrogen-bond acceptors (Lipinski definition) is 1. The lowest BCUT2D eigenvalue weighted by Crippen LogP contribution is -1.92. The summed E-state index contributed by atoms with van der Waals surface area (Å²) in [7, 11) is 0. The number of pyridine rings is 1. The van der Waals surface area contributed by atoms with Gasteiger partial charge in [0.1, 0.15) is 0 Å². The fraction of sp³-hybridized carbons (Fsp3) is 0. The van der Waals surface area contributed by atoms with Crippen LogP contribution in [-0.2, 0) is 0 Å². The van der Waals surface area contributed by atoms with Gasteiger partial charge in [0.05, 0.1) is 11.0 Å². The summed E-state index contributed by atoms with van der Waals surface area (Å²) >= 11 is 0. The second kappa shape index (κ2) is 8.99. The summed E-state index contributed by atoms with van der Waals surface area (Å²) in [6.45, 7) is 0. The molecular weight excluding hydrogens is 506 g/mol.